The summed E-state index contributed by atoms with van der Waals surface area (Å²) in [6, 6.07) is 13.1. The third-order valence-corrected chi connectivity index (χ3v) is 3.21. The Morgan fingerprint density at radius 2 is 1.73 bits per heavy atom. The van der Waals surface area contributed by atoms with Gasteiger partial charge in [0.05, 0.1) is 7.11 Å². The second-order valence-electron chi connectivity index (χ2n) is 5.30. The van der Waals surface area contributed by atoms with E-state index in [9.17, 15) is 4.79 Å². The van der Waals surface area contributed by atoms with Crippen LogP contribution in [0.2, 0.25) is 0 Å². The summed E-state index contributed by atoms with van der Waals surface area (Å²) in [5, 5.41) is 2.82. The van der Waals surface area contributed by atoms with Crippen LogP contribution < -0.4 is 14.8 Å². The van der Waals surface area contributed by atoms with Gasteiger partial charge in [-0.2, -0.15) is 0 Å². The zero-order chi connectivity index (χ0) is 16.1. The van der Waals surface area contributed by atoms with Gasteiger partial charge in [-0.25, -0.2) is 0 Å². The fraction of sp³-hybridized carbons (Fsp3) is 0.278. The number of carbonyl (C=O) groups is 1. The van der Waals surface area contributed by atoms with Gasteiger partial charge in [0.25, 0.3) is 5.91 Å². The number of hydrogen-bond acceptors (Lipinski definition) is 3. The molecule has 0 bridgehead atoms. The van der Waals surface area contributed by atoms with Crippen LogP contribution in [0.3, 0.4) is 0 Å². The van der Waals surface area contributed by atoms with Gasteiger partial charge in [-0.1, -0.05) is 12.1 Å². The molecule has 2 aromatic rings. The lowest BCUT2D eigenvalue weighted by molar-refractivity contribution is -0.122. The monoisotopic (exact) mass is 299 g/mol. The van der Waals surface area contributed by atoms with Crippen LogP contribution in [0.25, 0.3) is 0 Å². The first-order chi connectivity index (χ1) is 10.5. The van der Waals surface area contributed by atoms with Crippen molar-refractivity contribution in [3.8, 4) is 11.5 Å². The Kier molecular flexibility index (Phi) is 5.04. The zero-order valence-corrected chi connectivity index (χ0v) is 13.3. The minimum atomic E-state index is -0.590. The van der Waals surface area contributed by atoms with Gasteiger partial charge >= 0.3 is 0 Å². The molecule has 2 rings (SSSR count). The number of nitrogens with one attached hydrogen (secondary N) is 1. The first-order valence-electron chi connectivity index (χ1n) is 7.18. The van der Waals surface area contributed by atoms with Crippen molar-refractivity contribution in [3.63, 3.8) is 0 Å². The normalized spacial score (nSPS) is 11.6. The van der Waals surface area contributed by atoms with Gasteiger partial charge in [-0.05, 0) is 56.2 Å². The molecule has 0 saturated carbocycles. The first-order valence-corrected chi connectivity index (χ1v) is 7.18. The van der Waals surface area contributed by atoms with Crippen LogP contribution in [-0.2, 0) is 4.79 Å². The molecule has 0 aliphatic rings. The van der Waals surface area contributed by atoms with Crippen LogP contribution in [0.1, 0.15) is 18.1 Å². The number of aryl methyl sites for hydroxylation is 2. The van der Waals surface area contributed by atoms with Gasteiger partial charge in [0.1, 0.15) is 11.5 Å². The van der Waals surface area contributed by atoms with Gasteiger partial charge < -0.3 is 14.8 Å². The molecule has 0 radical (unpaired) electrons. The van der Waals surface area contributed by atoms with Gasteiger partial charge in [0.15, 0.2) is 6.10 Å². The Morgan fingerprint density at radius 1 is 1.05 bits per heavy atom. The summed E-state index contributed by atoms with van der Waals surface area (Å²) >= 11 is 0. The van der Waals surface area contributed by atoms with Crippen LogP contribution in [0.4, 0.5) is 5.69 Å². The lowest BCUT2D eigenvalue weighted by Crippen LogP contribution is -2.30. The predicted octanol–water partition coefficient (Wildman–Crippen LogP) is 3.72. The summed E-state index contributed by atoms with van der Waals surface area (Å²) < 4.78 is 10.9. The van der Waals surface area contributed by atoms with Crippen molar-refractivity contribution < 1.29 is 14.3 Å². The van der Waals surface area contributed by atoms with Crippen molar-refractivity contribution in [1.82, 2.24) is 0 Å². The van der Waals surface area contributed by atoms with E-state index in [1.54, 1.807) is 20.1 Å². The van der Waals surface area contributed by atoms with Crippen molar-refractivity contribution in [2.75, 3.05) is 12.4 Å². The molecular formula is C18H21NO3. The maximum absolute atomic E-state index is 12.2. The highest BCUT2D eigenvalue weighted by Gasteiger charge is 2.15. The summed E-state index contributed by atoms with van der Waals surface area (Å²) in [7, 11) is 1.59. The minimum absolute atomic E-state index is 0.201. The van der Waals surface area contributed by atoms with Crippen molar-refractivity contribution in [3.05, 3.63) is 53.6 Å². The predicted molar refractivity (Wildman–Crippen MR) is 87.6 cm³/mol. The molecule has 116 valence electrons. The molecule has 1 amide bonds. The van der Waals surface area contributed by atoms with Crippen LogP contribution in [0.15, 0.2) is 42.5 Å². The van der Waals surface area contributed by atoms with Gasteiger partial charge in [-0.15, -0.1) is 0 Å². The molecule has 1 unspecified atom stereocenters. The Labute approximate surface area is 131 Å². The molecule has 0 spiro atoms. The smallest absolute Gasteiger partial charge is 0.265 e. The highest BCUT2D eigenvalue weighted by Crippen LogP contribution is 2.19. The molecule has 0 heterocycles. The van der Waals surface area contributed by atoms with E-state index in [1.807, 2.05) is 44.2 Å². The number of methoxy groups -OCH3 is 1. The summed E-state index contributed by atoms with van der Waals surface area (Å²) in [6.45, 7) is 5.73. The van der Waals surface area contributed by atoms with E-state index in [1.165, 1.54) is 0 Å². The standard InChI is InChI=1S/C18H21NO3/c1-12-8-13(2)10-17(9-12)22-14(3)18(20)19-15-6-5-7-16(11-15)21-4/h5-11,14H,1-4H3,(H,19,20). The number of amides is 1. The molecule has 4 heteroatoms. The average molecular weight is 299 g/mol. The highest BCUT2D eigenvalue weighted by atomic mass is 16.5. The van der Waals surface area contributed by atoms with E-state index in [2.05, 4.69) is 11.4 Å². The molecule has 0 saturated heterocycles. The van der Waals surface area contributed by atoms with E-state index >= 15 is 0 Å². The average Bonchev–Trinajstić information content (AvgIpc) is 2.46. The Hall–Kier alpha value is -2.49. The van der Waals surface area contributed by atoms with Crippen LogP contribution in [-0.4, -0.2) is 19.1 Å². The number of anilines is 1. The topological polar surface area (TPSA) is 47.6 Å². The lowest BCUT2D eigenvalue weighted by Gasteiger charge is -2.16. The number of ether oxygens (including phenoxy) is 2. The molecular weight excluding hydrogens is 278 g/mol. The van der Waals surface area contributed by atoms with E-state index in [0.717, 1.165) is 11.1 Å². The van der Waals surface area contributed by atoms with E-state index < -0.39 is 6.10 Å². The van der Waals surface area contributed by atoms with Gasteiger partial charge in [0.2, 0.25) is 0 Å². The first kappa shape index (κ1) is 15.9. The number of rotatable bonds is 5. The Balaban J connectivity index is 2.02. The van der Waals surface area contributed by atoms with Crippen molar-refractivity contribution in [2.24, 2.45) is 0 Å². The highest BCUT2D eigenvalue weighted by molar-refractivity contribution is 5.94. The summed E-state index contributed by atoms with van der Waals surface area (Å²) in [4.78, 5) is 12.2. The molecule has 0 aromatic heterocycles. The largest absolute Gasteiger partial charge is 0.497 e. The summed E-state index contributed by atoms with van der Waals surface area (Å²) in [5.74, 6) is 1.19. The van der Waals surface area contributed by atoms with Crippen molar-refractivity contribution in [1.29, 1.82) is 0 Å². The maximum atomic E-state index is 12.2. The fourth-order valence-corrected chi connectivity index (χ4v) is 2.20. The number of hydrogen-bond donors (Lipinski definition) is 1. The van der Waals surface area contributed by atoms with Gasteiger partial charge in [-0.3, -0.25) is 4.79 Å². The number of benzene rings is 2. The molecule has 0 fully saturated rings. The summed E-state index contributed by atoms with van der Waals surface area (Å²) in [6.07, 6.45) is -0.590. The fourth-order valence-electron chi connectivity index (χ4n) is 2.20. The molecule has 22 heavy (non-hydrogen) atoms. The zero-order valence-electron chi connectivity index (χ0n) is 13.3. The second kappa shape index (κ2) is 6.98. The van der Waals surface area contributed by atoms with Gasteiger partial charge in [0, 0.05) is 11.8 Å². The van der Waals surface area contributed by atoms with E-state index in [-0.39, 0.29) is 5.91 Å². The minimum Gasteiger partial charge on any atom is -0.497 e. The van der Waals surface area contributed by atoms with Crippen LogP contribution in [0.5, 0.6) is 11.5 Å². The number of carbonyl (C=O) groups excluding carboxylic acids is 1. The molecule has 1 atom stereocenters. The third kappa shape index (κ3) is 4.25. The molecule has 4 nitrogen and oxygen atoms in total. The third-order valence-electron chi connectivity index (χ3n) is 3.21. The molecule has 0 aliphatic carbocycles. The van der Waals surface area contributed by atoms with Crippen LogP contribution in [0, 0.1) is 13.8 Å². The van der Waals surface area contributed by atoms with E-state index in [4.69, 9.17) is 9.47 Å². The second-order valence-corrected chi connectivity index (χ2v) is 5.30. The maximum Gasteiger partial charge on any atom is 0.265 e. The Morgan fingerprint density at radius 3 is 2.36 bits per heavy atom. The quantitative estimate of drug-likeness (QED) is 0.915. The van der Waals surface area contributed by atoms with Crippen LogP contribution >= 0.6 is 0 Å². The van der Waals surface area contributed by atoms with E-state index in [0.29, 0.717) is 17.2 Å². The summed E-state index contributed by atoms with van der Waals surface area (Å²) in [5.41, 5.74) is 2.89. The lowest BCUT2D eigenvalue weighted by atomic mass is 10.1. The molecule has 1 N–H and O–H groups in total. The Bertz CT molecular complexity index is 647. The van der Waals surface area contributed by atoms with Crippen molar-refractivity contribution in [2.45, 2.75) is 26.9 Å². The van der Waals surface area contributed by atoms with Crippen molar-refractivity contribution >= 4 is 11.6 Å². The molecule has 0 aliphatic heterocycles. The molecule has 2 aromatic carbocycles. The SMILES string of the molecule is COc1cccc(NC(=O)C(C)Oc2cc(C)cc(C)c2)c1.